The average Bonchev–Trinajstić information content (AvgIpc) is 3.27. The van der Waals surface area contributed by atoms with Crippen LogP contribution in [-0.2, 0) is 6.54 Å². The Labute approximate surface area is 143 Å². The van der Waals surface area contributed by atoms with E-state index in [0.717, 1.165) is 22.1 Å². The highest BCUT2D eigenvalue weighted by Gasteiger charge is 2.14. The van der Waals surface area contributed by atoms with Crippen molar-refractivity contribution >= 4 is 17.4 Å². The van der Waals surface area contributed by atoms with Gasteiger partial charge in [0.2, 0.25) is 0 Å². The number of hydrogen-bond donors (Lipinski definition) is 4. The van der Waals surface area contributed by atoms with Gasteiger partial charge in [0.15, 0.2) is 5.82 Å². The molecule has 0 fully saturated rings. The Morgan fingerprint density at radius 2 is 2.21 bits per heavy atom. The molecule has 2 amide bonds. The van der Waals surface area contributed by atoms with Crippen molar-refractivity contribution in [2.45, 2.75) is 33.4 Å². The zero-order chi connectivity index (χ0) is 17.1. The Bertz CT molecular complexity index is 801. The molecule has 9 heteroatoms. The highest BCUT2D eigenvalue weighted by Crippen LogP contribution is 2.20. The summed E-state index contributed by atoms with van der Waals surface area (Å²) in [5, 5.41) is 14.5. The summed E-state index contributed by atoms with van der Waals surface area (Å²) in [5.41, 5.74) is 1.93. The minimum atomic E-state index is -0.289. The molecule has 3 aromatic heterocycles. The van der Waals surface area contributed by atoms with Crippen LogP contribution in [0.2, 0.25) is 0 Å². The van der Waals surface area contributed by atoms with Crippen molar-refractivity contribution in [3.05, 3.63) is 40.5 Å². The van der Waals surface area contributed by atoms with Crippen LogP contribution in [0.4, 0.5) is 4.79 Å². The van der Waals surface area contributed by atoms with E-state index >= 15 is 0 Å². The number of carbonyl (C=O) groups excluding carboxylic acids is 1. The molecule has 0 aliphatic carbocycles. The number of nitrogens with one attached hydrogen (secondary N) is 4. The second kappa shape index (κ2) is 6.83. The third kappa shape index (κ3) is 3.62. The van der Waals surface area contributed by atoms with E-state index in [0.29, 0.717) is 11.6 Å². The van der Waals surface area contributed by atoms with E-state index in [1.807, 2.05) is 38.3 Å². The lowest BCUT2D eigenvalue weighted by Crippen LogP contribution is -2.37. The Morgan fingerprint density at radius 1 is 1.38 bits per heavy atom. The van der Waals surface area contributed by atoms with Gasteiger partial charge < -0.3 is 15.6 Å². The van der Waals surface area contributed by atoms with Gasteiger partial charge >= 0.3 is 6.03 Å². The minimum absolute atomic E-state index is 0.214. The van der Waals surface area contributed by atoms with E-state index in [1.165, 1.54) is 0 Å². The number of H-pyrrole nitrogens is 2. The molecule has 1 atom stereocenters. The number of urea groups is 1. The van der Waals surface area contributed by atoms with Gasteiger partial charge in [-0.3, -0.25) is 5.10 Å². The minimum Gasteiger partial charge on any atom is -0.344 e. The van der Waals surface area contributed by atoms with Crippen LogP contribution in [0.25, 0.3) is 10.7 Å². The Balaban J connectivity index is 1.52. The predicted molar refractivity (Wildman–Crippen MR) is 91.5 cm³/mol. The predicted octanol–water partition coefficient (Wildman–Crippen LogP) is 2.43. The number of nitrogens with zero attached hydrogens (tertiary/aromatic N) is 3. The average molecular weight is 345 g/mol. The number of thiophene rings is 1. The second-order valence-electron chi connectivity index (χ2n) is 5.46. The van der Waals surface area contributed by atoms with Gasteiger partial charge in [-0.25, -0.2) is 14.8 Å². The molecule has 3 heterocycles. The molecule has 0 spiro atoms. The third-order valence-corrected chi connectivity index (χ3v) is 4.46. The Morgan fingerprint density at radius 3 is 2.88 bits per heavy atom. The van der Waals surface area contributed by atoms with Crippen LogP contribution in [0.5, 0.6) is 0 Å². The molecule has 0 aromatic carbocycles. The Hall–Kier alpha value is -2.68. The van der Waals surface area contributed by atoms with E-state index in [9.17, 15) is 4.79 Å². The SMILES string of the molecule is Cc1nc(C(C)NC(=O)NCc2nc(-c3cccs3)n[nH]2)[nH]c1C. The molecule has 3 rings (SSSR count). The van der Waals surface area contributed by atoms with Crippen molar-refractivity contribution in [1.82, 2.24) is 35.8 Å². The summed E-state index contributed by atoms with van der Waals surface area (Å²) >= 11 is 1.57. The highest BCUT2D eigenvalue weighted by atomic mass is 32.1. The normalized spacial score (nSPS) is 12.1. The summed E-state index contributed by atoms with van der Waals surface area (Å²) in [6.07, 6.45) is 0. The first-order valence-corrected chi connectivity index (χ1v) is 8.43. The van der Waals surface area contributed by atoms with Crippen molar-refractivity contribution < 1.29 is 4.79 Å². The van der Waals surface area contributed by atoms with Crippen LogP contribution in [0.1, 0.15) is 36.0 Å². The maximum absolute atomic E-state index is 12.0. The first-order chi connectivity index (χ1) is 11.5. The van der Waals surface area contributed by atoms with Crippen LogP contribution in [0.3, 0.4) is 0 Å². The fraction of sp³-hybridized carbons (Fsp3) is 0.333. The van der Waals surface area contributed by atoms with Crippen LogP contribution in [0, 0.1) is 13.8 Å². The monoisotopic (exact) mass is 345 g/mol. The first-order valence-electron chi connectivity index (χ1n) is 7.55. The molecule has 8 nitrogen and oxygen atoms in total. The number of imidazole rings is 1. The summed E-state index contributed by atoms with van der Waals surface area (Å²) < 4.78 is 0. The molecule has 3 aromatic rings. The third-order valence-electron chi connectivity index (χ3n) is 3.59. The first kappa shape index (κ1) is 16.2. The topological polar surface area (TPSA) is 111 Å². The summed E-state index contributed by atoms with van der Waals surface area (Å²) in [6, 6.07) is 3.39. The number of aryl methyl sites for hydroxylation is 2. The number of carbonyl (C=O) groups is 1. The van der Waals surface area contributed by atoms with Crippen LogP contribution < -0.4 is 10.6 Å². The lowest BCUT2D eigenvalue weighted by Gasteiger charge is -2.11. The summed E-state index contributed by atoms with van der Waals surface area (Å²) in [5.74, 6) is 1.97. The van der Waals surface area contributed by atoms with E-state index < -0.39 is 0 Å². The lowest BCUT2D eigenvalue weighted by atomic mass is 10.3. The fourth-order valence-electron chi connectivity index (χ4n) is 2.15. The maximum atomic E-state index is 12.0. The van der Waals surface area contributed by atoms with Crippen molar-refractivity contribution in [3.63, 3.8) is 0 Å². The molecule has 24 heavy (non-hydrogen) atoms. The van der Waals surface area contributed by atoms with E-state index in [1.54, 1.807) is 11.3 Å². The quantitative estimate of drug-likeness (QED) is 0.569. The van der Waals surface area contributed by atoms with Gasteiger partial charge in [-0.15, -0.1) is 11.3 Å². The Kier molecular flexibility index (Phi) is 4.61. The maximum Gasteiger partial charge on any atom is 0.315 e. The zero-order valence-electron chi connectivity index (χ0n) is 13.7. The zero-order valence-corrected chi connectivity index (χ0v) is 14.5. The van der Waals surface area contributed by atoms with E-state index in [4.69, 9.17) is 0 Å². The summed E-state index contributed by atoms with van der Waals surface area (Å²) in [4.78, 5) is 24.9. The highest BCUT2D eigenvalue weighted by molar-refractivity contribution is 7.13. The summed E-state index contributed by atoms with van der Waals surface area (Å²) in [7, 11) is 0. The molecular weight excluding hydrogens is 326 g/mol. The van der Waals surface area contributed by atoms with E-state index in [-0.39, 0.29) is 18.6 Å². The van der Waals surface area contributed by atoms with Gasteiger partial charge in [0.1, 0.15) is 11.6 Å². The van der Waals surface area contributed by atoms with Gasteiger partial charge in [0.25, 0.3) is 0 Å². The fourth-order valence-corrected chi connectivity index (χ4v) is 2.81. The van der Waals surface area contributed by atoms with E-state index in [2.05, 4.69) is 35.8 Å². The van der Waals surface area contributed by atoms with Gasteiger partial charge in [0.05, 0.1) is 23.2 Å². The van der Waals surface area contributed by atoms with Gasteiger partial charge in [-0.1, -0.05) is 6.07 Å². The molecule has 4 N–H and O–H groups in total. The number of aromatic nitrogens is 5. The molecule has 0 aliphatic rings. The molecule has 0 saturated carbocycles. The van der Waals surface area contributed by atoms with Crippen LogP contribution in [-0.4, -0.2) is 31.2 Å². The molecule has 0 radical (unpaired) electrons. The van der Waals surface area contributed by atoms with Crippen LogP contribution >= 0.6 is 11.3 Å². The molecule has 1 unspecified atom stereocenters. The molecule has 0 aliphatic heterocycles. The standard InChI is InChI=1S/C15H19N7OS/c1-8-9(2)18-13(17-8)10(3)19-15(23)16-7-12-20-14(22-21-12)11-5-4-6-24-11/h4-6,10H,7H2,1-3H3,(H,17,18)(H2,16,19,23)(H,20,21,22). The molecule has 126 valence electrons. The second-order valence-corrected chi connectivity index (χ2v) is 6.41. The molecule has 0 bridgehead atoms. The van der Waals surface area contributed by atoms with Crippen molar-refractivity contribution in [3.8, 4) is 10.7 Å². The van der Waals surface area contributed by atoms with Gasteiger partial charge in [0, 0.05) is 5.69 Å². The number of aromatic amines is 2. The van der Waals surface area contributed by atoms with Crippen molar-refractivity contribution in [1.29, 1.82) is 0 Å². The molecule has 0 saturated heterocycles. The number of hydrogen-bond acceptors (Lipinski definition) is 5. The van der Waals surface area contributed by atoms with Crippen molar-refractivity contribution in [2.24, 2.45) is 0 Å². The van der Waals surface area contributed by atoms with Crippen LogP contribution in [0.15, 0.2) is 17.5 Å². The van der Waals surface area contributed by atoms with Gasteiger partial charge in [-0.2, -0.15) is 5.10 Å². The smallest absolute Gasteiger partial charge is 0.315 e. The van der Waals surface area contributed by atoms with Crippen molar-refractivity contribution in [2.75, 3.05) is 0 Å². The largest absolute Gasteiger partial charge is 0.344 e. The number of rotatable bonds is 5. The summed E-state index contributed by atoms with van der Waals surface area (Å²) in [6.45, 7) is 6.03. The number of amides is 2. The van der Waals surface area contributed by atoms with Gasteiger partial charge in [-0.05, 0) is 32.2 Å². The molecular formula is C15H19N7OS. The lowest BCUT2D eigenvalue weighted by molar-refractivity contribution is 0.237.